The van der Waals surface area contributed by atoms with Gasteiger partial charge in [0, 0.05) is 30.2 Å². The van der Waals surface area contributed by atoms with Crippen molar-refractivity contribution < 1.29 is 31.2 Å². The van der Waals surface area contributed by atoms with Gasteiger partial charge in [-0.1, -0.05) is 19.9 Å². The number of phenols is 1. The third-order valence-electron chi connectivity index (χ3n) is 6.59. The molecule has 0 atom stereocenters. The number of hydrogen-bond donors (Lipinski definition) is 3. The van der Waals surface area contributed by atoms with E-state index in [4.69, 9.17) is 10.5 Å². The van der Waals surface area contributed by atoms with E-state index < -0.39 is 25.0 Å². The molecule has 0 aliphatic rings. The van der Waals surface area contributed by atoms with Gasteiger partial charge in [-0.05, 0) is 66.4 Å². The Morgan fingerprint density at radius 3 is 2.05 bits per heavy atom. The van der Waals surface area contributed by atoms with Crippen LogP contribution in [-0.4, -0.2) is 51.0 Å². The van der Waals surface area contributed by atoms with Gasteiger partial charge in [-0.2, -0.15) is 23.0 Å². The molecule has 0 saturated heterocycles. The SMILES string of the molecule is CCN(CC)S(=O)(=O)c1ccc(/N=N/c2cc(OC)c(/N=N/c3ccc4cc(S(=O)(=O)O)cc(N)c4c3O)cc2C)cc1. The van der Waals surface area contributed by atoms with E-state index in [1.807, 2.05) is 0 Å². The van der Waals surface area contributed by atoms with Crippen LogP contribution in [0.15, 0.2) is 90.9 Å². The summed E-state index contributed by atoms with van der Waals surface area (Å²) in [6.07, 6.45) is 0. The van der Waals surface area contributed by atoms with Gasteiger partial charge in [0.05, 0.1) is 28.3 Å². The van der Waals surface area contributed by atoms with E-state index in [2.05, 4.69) is 20.5 Å². The van der Waals surface area contributed by atoms with Crippen molar-refractivity contribution in [3.05, 3.63) is 66.2 Å². The van der Waals surface area contributed by atoms with Crippen LogP contribution >= 0.6 is 0 Å². The van der Waals surface area contributed by atoms with Crippen LogP contribution in [0, 0.1) is 6.92 Å². The Morgan fingerprint density at radius 2 is 1.44 bits per heavy atom. The molecule has 0 spiro atoms. The van der Waals surface area contributed by atoms with E-state index in [-0.39, 0.29) is 32.8 Å². The molecule has 0 aliphatic carbocycles. The lowest BCUT2D eigenvalue weighted by molar-refractivity contribution is 0.416. The number of nitrogens with zero attached hydrogens (tertiary/aromatic N) is 5. The van der Waals surface area contributed by atoms with Crippen molar-refractivity contribution in [3.63, 3.8) is 0 Å². The predicted octanol–water partition coefficient (Wildman–Crippen LogP) is 6.55. The zero-order valence-electron chi connectivity index (χ0n) is 23.8. The van der Waals surface area contributed by atoms with E-state index in [9.17, 15) is 26.5 Å². The fourth-order valence-corrected chi connectivity index (χ4v) is 6.31. The van der Waals surface area contributed by atoms with Gasteiger partial charge < -0.3 is 15.6 Å². The van der Waals surface area contributed by atoms with Gasteiger partial charge in [-0.25, -0.2) is 8.42 Å². The number of nitrogen functional groups attached to an aromatic ring is 1. The molecule has 4 N–H and O–H groups in total. The zero-order chi connectivity index (χ0) is 31.5. The number of anilines is 1. The van der Waals surface area contributed by atoms with Crippen molar-refractivity contribution in [1.82, 2.24) is 4.31 Å². The molecule has 0 aliphatic heterocycles. The molecule has 226 valence electrons. The third-order valence-corrected chi connectivity index (χ3v) is 9.48. The Bertz CT molecular complexity index is 1960. The van der Waals surface area contributed by atoms with Gasteiger partial charge in [0.2, 0.25) is 10.0 Å². The number of nitrogens with two attached hydrogens (primary N) is 1. The largest absolute Gasteiger partial charge is 0.505 e. The minimum atomic E-state index is -4.49. The summed E-state index contributed by atoms with van der Waals surface area (Å²) in [5.74, 6) is -0.000729. The second kappa shape index (κ2) is 12.4. The molecule has 0 amide bonds. The highest BCUT2D eigenvalue weighted by Gasteiger charge is 2.21. The lowest BCUT2D eigenvalue weighted by Crippen LogP contribution is -2.30. The molecule has 4 rings (SSSR count). The topological polar surface area (TPSA) is 197 Å². The molecule has 0 unspecified atom stereocenters. The van der Waals surface area contributed by atoms with E-state index in [0.29, 0.717) is 41.5 Å². The summed E-state index contributed by atoms with van der Waals surface area (Å²) in [4.78, 5) is -0.227. The van der Waals surface area contributed by atoms with Gasteiger partial charge in [-0.3, -0.25) is 4.55 Å². The number of phenolic OH excluding ortho intramolecular Hbond substituents is 1. The summed E-state index contributed by atoms with van der Waals surface area (Å²) < 4.78 is 64.6. The number of fused-ring (bicyclic) bond motifs is 1. The smallest absolute Gasteiger partial charge is 0.294 e. The third kappa shape index (κ3) is 6.64. The van der Waals surface area contributed by atoms with Crippen LogP contribution in [0.4, 0.5) is 28.4 Å². The summed E-state index contributed by atoms with van der Waals surface area (Å²) in [6, 6.07) is 14.5. The Labute approximate surface area is 249 Å². The maximum atomic E-state index is 12.7. The summed E-state index contributed by atoms with van der Waals surface area (Å²) in [7, 11) is -6.63. The highest BCUT2D eigenvalue weighted by Crippen LogP contribution is 2.41. The molecule has 0 radical (unpaired) electrons. The molecular formula is C28H30N6O7S2. The Balaban J connectivity index is 1.60. The first-order valence-corrected chi connectivity index (χ1v) is 15.8. The Kier molecular flexibility index (Phi) is 9.10. The Morgan fingerprint density at radius 1 is 0.814 bits per heavy atom. The molecular weight excluding hydrogens is 596 g/mol. The summed E-state index contributed by atoms with van der Waals surface area (Å²) in [5, 5.41) is 28.1. The van der Waals surface area contributed by atoms with E-state index in [1.165, 1.54) is 41.7 Å². The number of rotatable bonds is 10. The summed E-state index contributed by atoms with van der Waals surface area (Å²) >= 11 is 0. The molecule has 0 fully saturated rings. The first kappa shape index (κ1) is 31.5. The molecule has 15 heteroatoms. The average Bonchev–Trinajstić information content (AvgIpc) is 2.96. The fraction of sp³-hybridized carbons (Fsp3) is 0.214. The van der Waals surface area contributed by atoms with Crippen LogP contribution in [0.5, 0.6) is 11.5 Å². The molecule has 0 aromatic heterocycles. The van der Waals surface area contributed by atoms with Crippen molar-refractivity contribution >= 4 is 59.4 Å². The van der Waals surface area contributed by atoms with Crippen molar-refractivity contribution in [2.24, 2.45) is 20.5 Å². The molecule has 0 heterocycles. The molecule has 4 aromatic carbocycles. The van der Waals surface area contributed by atoms with E-state index in [1.54, 1.807) is 45.0 Å². The lowest BCUT2D eigenvalue weighted by Gasteiger charge is -2.18. The van der Waals surface area contributed by atoms with E-state index in [0.717, 1.165) is 6.07 Å². The zero-order valence-corrected chi connectivity index (χ0v) is 25.4. The predicted molar refractivity (Wildman–Crippen MR) is 162 cm³/mol. The molecule has 0 saturated carbocycles. The van der Waals surface area contributed by atoms with Crippen molar-refractivity contribution in [3.8, 4) is 11.5 Å². The summed E-state index contributed by atoms with van der Waals surface area (Å²) in [5.41, 5.74) is 7.90. The number of sulfonamides is 1. The Hall–Kier alpha value is -4.44. The van der Waals surface area contributed by atoms with Gasteiger partial charge >= 0.3 is 0 Å². The molecule has 0 bridgehead atoms. The van der Waals surface area contributed by atoms with Gasteiger partial charge in [0.15, 0.2) is 5.75 Å². The number of aryl methyl sites for hydroxylation is 1. The quantitative estimate of drug-likeness (QED) is 0.0999. The highest BCUT2D eigenvalue weighted by atomic mass is 32.2. The van der Waals surface area contributed by atoms with Crippen LogP contribution in [0.2, 0.25) is 0 Å². The lowest BCUT2D eigenvalue weighted by atomic mass is 10.1. The van der Waals surface area contributed by atoms with Crippen molar-refractivity contribution in [2.75, 3.05) is 25.9 Å². The first-order chi connectivity index (χ1) is 20.3. The van der Waals surface area contributed by atoms with Crippen LogP contribution in [-0.2, 0) is 20.1 Å². The highest BCUT2D eigenvalue weighted by molar-refractivity contribution is 7.89. The van der Waals surface area contributed by atoms with Gasteiger partial charge in [-0.15, -0.1) is 10.2 Å². The van der Waals surface area contributed by atoms with Gasteiger partial charge in [0.1, 0.15) is 17.1 Å². The number of benzene rings is 4. The van der Waals surface area contributed by atoms with Crippen LogP contribution in [0.3, 0.4) is 0 Å². The van der Waals surface area contributed by atoms with E-state index >= 15 is 0 Å². The maximum Gasteiger partial charge on any atom is 0.294 e. The maximum absolute atomic E-state index is 12.7. The van der Waals surface area contributed by atoms with Crippen LogP contribution in [0.25, 0.3) is 10.8 Å². The van der Waals surface area contributed by atoms with Crippen LogP contribution in [0.1, 0.15) is 19.4 Å². The van der Waals surface area contributed by atoms with Gasteiger partial charge in [0.25, 0.3) is 10.1 Å². The number of hydrogen-bond acceptors (Lipinski definition) is 11. The average molecular weight is 627 g/mol. The van der Waals surface area contributed by atoms with Crippen molar-refractivity contribution in [2.45, 2.75) is 30.6 Å². The molecule has 43 heavy (non-hydrogen) atoms. The number of methoxy groups -OCH3 is 1. The normalized spacial score (nSPS) is 12.6. The number of azo groups is 2. The molecule has 13 nitrogen and oxygen atoms in total. The van der Waals surface area contributed by atoms with Crippen molar-refractivity contribution in [1.29, 1.82) is 0 Å². The second-order valence-electron chi connectivity index (χ2n) is 9.31. The first-order valence-electron chi connectivity index (χ1n) is 12.9. The monoisotopic (exact) mass is 626 g/mol. The summed E-state index contributed by atoms with van der Waals surface area (Å²) in [6.45, 7) is 6.09. The fourth-order valence-electron chi connectivity index (χ4n) is 4.30. The number of aromatic hydroxyl groups is 1. The second-order valence-corrected chi connectivity index (χ2v) is 12.7. The number of ether oxygens (including phenoxy) is 1. The van der Waals surface area contributed by atoms with Crippen LogP contribution < -0.4 is 10.5 Å². The minimum absolute atomic E-state index is 0.0636. The minimum Gasteiger partial charge on any atom is -0.505 e. The standard InChI is InChI=1S/C28H30N6O7S2/c1-5-34(6-2)42(36,37)20-10-8-19(9-11-20)30-32-24-16-26(41-4)25(13-17(24)3)33-31-23-12-7-18-14-21(43(38,39)40)15-22(29)27(18)28(23)35/h7-16,35H,5-6,29H2,1-4H3,(H,38,39,40)/b32-30+,33-31+. The molecule has 4 aromatic rings.